The summed E-state index contributed by atoms with van der Waals surface area (Å²) < 4.78 is 0. The third-order valence-corrected chi connectivity index (χ3v) is 5.26. The standard InChI is InChI=1S/C14H24N2OS/c1-4-9(2)12(17)8-15-10(3)14-16-11-6-5-7-13(11)18-14/h9-10,12,15,17H,4-8H2,1-3H3. The van der Waals surface area contributed by atoms with Crippen molar-refractivity contribution in [3.8, 4) is 0 Å². The zero-order chi connectivity index (χ0) is 13.1. The van der Waals surface area contributed by atoms with E-state index < -0.39 is 0 Å². The molecule has 0 spiro atoms. The largest absolute Gasteiger partial charge is 0.392 e. The van der Waals surface area contributed by atoms with Crippen molar-refractivity contribution in [2.45, 2.75) is 58.6 Å². The average molecular weight is 268 g/mol. The van der Waals surface area contributed by atoms with Crippen molar-refractivity contribution in [1.29, 1.82) is 0 Å². The molecule has 1 aromatic rings. The van der Waals surface area contributed by atoms with Crippen molar-refractivity contribution in [3.05, 3.63) is 15.6 Å². The number of rotatable bonds is 6. The Bertz CT molecular complexity index is 370. The highest BCUT2D eigenvalue weighted by Crippen LogP contribution is 2.30. The first kappa shape index (κ1) is 14.0. The summed E-state index contributed by atoms with van der Waals surface area (Å²) in [5.74, 6) is 0.353. The quantitative estimate of drug-likeness (QED) is 0.834. The number of aryl methyl sites for hydroxylation is 2. The van der Waals surface area contributed by atoms with Crippen LogP contribution < -0.4 is 5.32 Å². The van der Waals surface area contributed by atoms with E-state index in [0.717, 1.165) is 12.8 Å². The monoisotopic (exact) mass is 268 g/mol. The minimum atomic E-state index is -0.260. The minimum absolute atomic E-state index is 0.249. The van der Waals surface area contributed by atoms with Crippen LogP contribution in [0.2, 0.25) is 0 Å². The summed E-state index contributed by atoms with van der Waals surface area (Å²) in [6, 6.07) is 0.249. The lowest BCUT2D eigenvalue weighted by molar-refractivity contribution is 0.110. The number of hydrogen-bond acceptors (Lipinski definition) is 4. The summed E-state index contributed by atoms with van der Waals surface area (Å²) >= 11 is 1.84. The molecule has 1 heterocycles. The second kappa shape index (κ2) is 6.13. The maximum absolute atomic E-state index is 9.95. The van der Waals surface area contributed by atoms with Crippen LogP contribution in [0.25, 0.3) is 0 Å². The zero-order valence-electron chi connectivity index (χ0n) is 11.6. The molecule has 1 aromatic heterocycles. The van der Waals surface area contributed by atoms with E-state index in [1.165, 1.54) is 28.4 Å². The number of thiazole rings is 1. The molecule has 0 aliphatic heterocycles. The van der Waals surface area contributed by atoms with Gasteiger partial charge in [-0.25, -0.2) is 4.98 Å². The van der Waals surface area contributed by atoms with Gasteiger partial charge in [0.15, 0.2) is 0 Å². The Morgan fingerprint density at radius 3 is 2.83 bits per heavy atom. The van der Waals surface area contributed by atoms with Crippen LogP contribution in [0.15, 0.2) is 0 Å². The molecule has 102 valence electrons. The Balaban J connectivity index is 1.85. The molecule has 0 saturated carbocycles. The van der Waals surface area contributed by atoms with Crippen molar-refractivity contribution >= 4 is 11.3 Å². The predicted molar refractivity (Wildman–Crippen MR) is 76.0 cm³/mol. The van der Waals surface area contributed by atoms with Gasteiger partial charge in [0.1, 0.15) is 5.01 Å². The van der Waals surface area contributed by atoms with Gasteiger partial charge in [-0.2, -0.15) is 0 Å². The van der Waals surface area contributed by atoms with Crippen LogP contribution in [0, 0.1) is 5.92 Å². The molecule has 4 heteroatoms. The van der Waals surface area contributed by atoms with Gasteiger partial charge in [-0.1, -0.05) is 20.3 Å². The van der Waals surface area contributed by atoms with E-state index in [9.17, 15) is 5.11 Å². The molecule has 2 N–H and O–H groups in total. The van der Waals surface area contributed by atoms with Crippen LogP contribution in [-0.4, -0.2) is 22.7 Å². The number of fused-ring (bicyclic) bond motifs is 1. The summed E-state index contributed by atoms with van der Waals surface area (Å²) in [7, 11) is 0. The molecule has 0 fully saturated rings. The molecule has 0 aromatic carbocycles. The normalized spacial score (nSPS) is 19.6. The molecular weight excluding hydrogens is 244 g/mol. The number of nitrogens with one attached hydrogen (secondary N) is 1. The van der Waals surface area contributed by atoms with Crippen LogP contribution >= 0.6 is 11.3 Å². The highest BCUT2D eigenvalue weighted by Gasteiger charge is 2.20. The lowest BCUT2D eigenvalue weighted by Crippen LogP contribution is -2.33. The van der Waals surface area contributed by atoms with Crippen molar-refractivity contribution in [2.75, 3.05) is 6.54 Å². The van der Waals surface area contributed by atoms with Crippen molar-refractivity contribution in [2.24, 2.45) is 5.92 Å². The lowest BCUT2D eigenvalue weighted by atomic mass is 10.0. The van der Waals surface area contributed by atoms with Crippen LogP contribution in [0.1, 0.15) is 55.2 Å². The molecule has 3 nitrogen and oxygen atoms in total. The third-order valence-electron chi connectivity index (χ3n) is 3.92. The van der Waals surface area contributed by atoms with Crippen molar-refractivity contribution in [1.82, 2.24) is 10.3 Å². The van der Waals surface area contributed by atoms with Gasteiger partial charge in [0.25, 0.3) is 0 Å². The smallest absolute Gasteiger partial charge is 0.110 e. The molecule has 0 amide bonds. The molecule has 1 aliphatic carbocycles. The number of aliphatic hydroxyl groups excluding tert-OH is 1. The fraction of sp³-hybridized carbons (Fsp3) is 0.786. The van der Waals surface area contributed by atoms with E-state index in [-0.39, 0.29) is 12.1 Å². The molecule has 18 heavy (non-hydrogen) atoms. The zero-order valence-corrected chi connectivity index (χ0v) is 12.4. The van der Waals surface area contributed by atoms with Crippen LogP contribution in [-0.2, 0) is 12.8 Å². The van der Waals surface area contributed by atoms with Crippen molar-refractivity contribution < 1.29 is 5.11 Å². The molecular formula is C14H24N2OS. The van der Waals surface area contributed by atoms with E-state index in [1.54, 1.807) is 0 Å². The molecule has 1 aliphatic rings. The molecule has 0 bridgehead atoms. The summed E-state index contributed by atoms with van der Waals surface area (Å²) in [5, 5.41) is 14.5. The summed E-state index contributed by atoms with van der Waals surface area (Å²) in [4.78, 5) is 6.18. The first-order valence-electron chi connectivity index (χ1n) is 7.01. The summed E-state index contributed by atoms with van der Waals surface area (Å²) in [6.07, 6.45) is 4.37. The Morgan fingerprint density at radius 2 is 2.17 bits per heavy atom. The SMILES string of the molecule is CCC(C)C(O)CNC(C)c1nc2c(s1)CCC2. The number of nitrogens with zero attached hydrogens (tertiary/aromatic N) is 1. The summed E-state index contributed by atoms with van der Waals surface area (Å²) in [6.45, 7) is 7.00. The molecule has 3 unspecified atom stereocenters. The fourth-order valence-corrected chi connectivity index (χ4v) is 3.43. The van der Waals surface area contributed by atoms with Gasteiger partial charge in [0.2, 0.25) is 0 Å². The Morgan fingerprint density at radius 1 is 1.39 bits per heavy atom. The Labute approximate surface area is 114 Å². The topological polar surface area (TPSA) is 45.1 Å². The van der Waals surface area contributed by atoms with Crippen LogP contribution in [0.5, 0.6) is 0 Å². The Kier molecular flexibility index (Phi) is 4.76. The second-order valence-electron chi connectivity index (χ2n) is 5.36. The minimum Gasteiger partial charge on any atom is -0.392 e. The number of aromatic nitrogens is 1. The van der Waals surface area contributed by atoms with E-state index in [4.69, 9.17) is 4.98 Å². The van der Waals surface area contributed by atoms with E-state index in [2.05, 4.69) is 26.1 Å². The van der Waals surface area contributed by atoms with Gasteiger partial charge in [-0.05, 0) is 32.1 Å². The first-order valence-corrected chi connectivity index (χ1v) is 7.83. The van der Waals surface area contributed by atoms with Gasteiger partial charge < -0.3 is 10.4 Å². The molecule has 3 atom stereocenters. The lowest BCUT2D eigenvalue weighted by Gasteiger charge is -2.20. The van der Waals surface area contributed by atoms with E-state index in [0.29, 0.717) is 12.5 Å². The molecule has 2 rings (SSSR count). The maximum Gasteiger partial charge on any atom is 0.110 e. The van der Waals surface area contributed by atoms with Gasteiger partial charge in [-0.3, -0.25) is 0 Å². The van der Waals surface area contributed by atoms with Crippen LogP contribution in [0.4, 0.5) is 0 Å². The Hall–Kier alpha value is -0.450. The first-order chi connectivity index (χ1) is 8.61. The fourth-order valence-electron chi connectivity index (χ4n) is 2.25. The van der Waals surface area contributed by atoms with Gasteiger partial charge in [0, 0.05) is 11.4 Å². The predicted octanol–water partition coefficient (Wildman–Crippen LogP) is 2.69. The maximum atomic E-state index is 9.95. The average Bonchev–Trinajstić information content (AvgIpc) is 2.94. The number of aliphatic hydroxyl groups is 1. The molecule has 0 saturated heterocycles. The van der Waals surface area contributed by atoms with Crippen LogP contribution in [0.3, 0.4) is 0 Å². The molecule has 0 radical (unpaired) electrons. The number of hydrogen-bond donors (Lipinski definition) is 2. The van der Waals surface area contributed by atoms with Gasteiger partial charge in [-0.15, -0.1) is 11.3 Å². The van der Waals surface area contributed by atoms with Crippen molar-refractivity contribution in [3.63, 3.8) is 0 Å². The summed E-state index contributed by atoms with van der Waals surface area (Å²) in [5.41, 5.74) is 1.31. The van der Waals surface area contributed by atoms with E-state index >= 15 is 0 Å². The van der Waals surface area contributed by atoms with E-state index in [1.807, 2.05) is 11.3 Å². The second-order valence-corrected chi connectivity index (χ2v) is 6.47. The third kappa shape index (κ3) is 3.11. The highest BCUT2D eigenvalue weighted by molar-refractivity contribution is 7.11. The van der Waals surface area contributed by atoms with Gasteiger partial charge in [0.05, 0.1) is 17.8 Å². The van der Waals surface area contributed by atoms with Gasteiger partial charge >= 0.3 is 0 Å². The highest BCUT2D eigenvalue weighted by atomic mass is 32.1.